The van der Waals surface area contributed by atoms with Crippen LogP contribution in [0.4, 0.5) is 5.69 Å². The molecule has 0 aromatic heterocycles. The molecule has 0 spiro atoms. The molecule has 2 aromatic carbocycles. The topological polar surface area (TPSA) is 58.2 Å². The Kier molecular flexibility index (Phi) is 5.30. The highest BCUT2D eigenvalue weighted by Gasteiger charge is 2.56. The summed E-state index contributed by atoms with van der Waals surface area (Å²) in [6, 6.07) is 16.8. The molecule has 2 aromatic rings. The van der Waals surface area contributed by atoms with Crippen LogP contribution in [0.1, 0.15) is 22.3 Å². The van der Waals surface area contributed by atoms with Crippen LogP contribution in [-0.2, 0) is 11.2 Å². The Labute approximate surface area is 156 Å². The van der Waals surface area contributed by atoms with E-state index < -0.39 is 10.3 Å². The van der Waals surface area contributed by atoms with Crippen LogP contribution < -0.4 is 10.6 Å². The fraction of sp³-hybridized carbons (Fsp3) is 0.263. The Bertz CT molecular complexity index is 778. The molecule has 25 heavy (non-hydrogen) atoms. The van der Waals surface area contributed by atoms with Crippen molar-refractivity contribution in [2.24, 2.45) is 5.92 Å². The van der Waals surface area contributed by atoms with Crippen molar-refractivity contribution in [2.75, 3.05) is 11.9 Å². The second kappa shape index (κ2) is 7.46. The molecule has 3 rings (SSSR count). The molecule has 1 atom stereocenters. The van der Waals surface area contributed by atoms with Gasteiger partial charge < -0.3 is 10.6 Å². The van der Waals surface area contributed by atoms with Crippen LogP contribution in [0.25, 0.3) is 0 Å². The largest absolute Gasteiger partial charge is 0.352 e. The minimum absolute atomic E-state index is 0.231. The van der Waals surface area contributed by atoms with Gasteiger partial charge in [-0.25, -0.2) is 0 Å². The van der Waals surface area contributed by atoms with Gasteiger partial charge in [-0.3, -0.25) is 9.59 Å². The van der Waals surface area contributed by atoms with Crippen molar-refractivity contribution in [3.8, 4) is 0 Å². The smallest absolute Gasteiger partial charge is 0.253 e. The maximum absolute atomic E-state index is 12.4. The summed E-state index contributed by atoms with van der Waals surface area (Å²) in [5.41, 5.74) is 2.03. The second-order valence-electron chi connectivity index (χ2n) is 6.04. The van der Waals surface area contributed by atoms with E-state index in [4.69, 9.17) is 23.2 Å². The molecular formula is C19H18Cl2N2O2. The number of hydrogen-bond acceptors (Lipinski definition) is 2. The van der Waals surface area contributed by atoms with Gasteiger partial charge in [0.2, 0.25) is 5.91 Å². The molecule has 1 unspecified atom stereocenters. The fourth-order valence-corrected chi connectivity index (χ4v) is 3.07. The van der Waals surface area contributed by atoms with Gasteiger partial charge in [0.1, 0.15) is 4.33 Å². The number of amides is 2. The van der Waals surface area contributed by atoms with Crippen molar-refractivity contribution in [1.29, 1.82) is 0 Å². The Hall–Kier alpha value is -2.04. The highest BCUT2D eigenvalue weighted by Crippen LogP contribution is 2.53. The van der Waals surface area contributed by atoms with Gasteiger partial charge in [-0.05, 0) is 30.5 Å². The summed E-state index contributed by atoms with van der Waals surface area (Å²) >= 11 is 11.8. The van der Waals surface area contributed by atoms with E-state index in [-0.39, 0.29) is 11.8 Å². The van der Waals surface area contributed by atoms with Crippen LogP contribution in [0, 0.1) is 5.92 Å². The van der Waals surface area contributed by atoms with Crippen molar-refractivity contribution in [3.05, 3.63) is 65.7 Å². The van der Waals surface area contributed by atoms with E-state index in [9.17, 15) is 9.59 Å². The molecule has 2 amide bonds. The number of rotatable bonds is 6. The van der Waals surface area contributed by atoms with Gasteiger partial charge in [0.25, 0.3) is 5.91 Å². The highest BCUT2D eigenvalue weighted by atomic mass is 35.5. The van der Waals surface area contributed by atoms with E-state index in [1.807, 2.05) is 30.3 Å². The monoisotopic (exact) mass is 376 g/mol. The number of anilines is 1. The third kappa shape index (κ3) is 4.53. The molecule has 0 radical (unpaired) electrons. The van der Waals surface area contributed by atoms with Gasteiger partial charge in [-0.1, -0.05) is 42.5 Å². The molecule has 0 saturated heterocycles. The Balaban J connectivity index is 1.60. The van der Waals surface area contributed by atoms with Gasteiger partial charge in [-0.2, -0.15) is 0 Å². The van der Waals surface area contributed by atoms with E-state index >= 15 is 0 Å². The lowest BCUT2D eigenvalue weighted by Crippen LogP contribution is -2.27. The van der Waals surface area contributed by atoms with E-state index in [0.717, 1.165) is 12.0 Å². The maximum atomic E-state index is 12.4. The molecule has 130 valence electrons. The molecule has 2 N–H and O–H groups in total. The number of para-hydroxylation sites is 1. The third-order valence-corrected chi connectivity index (χ3v) is 4.95. The van der Waals surface area contributed by atoms with Crippen LogP contribution in [0.2, 0.25) is 0 Å². The molecule has 1 saturated carbocycles. The SMILES string of the molecule is O=C(NCCc1ccccc1)c1ccccc1NC(=O)C1CC1(Cl)Cl. The summed E-state index contributed by atoms with van der Waals surface area (Å²) in [6.07, 6.45) is 1.16. The molecule has 0 aliphatic heterocycles. The lowest BCUT2D eigenvalue weighted by Gasteiger charge is -2.11. The summed E-state index contributed by atoms with van der Waals surface area (Å²) in [7, 11) is 0. The summed E-state index contributed by atoms with van der Waals surface area (Å²) < 4.78 is -0.989. The minimum Gasteiger partial charge on any atom is -0.352 e. The van der Waals surface area contributed by atoms with Crippen LogP contribution in [-0.4, -0.2) is 22.7 Å². The van der Waals surface area contributed by atoms with Gasteiger partial charge in [-0.15, -0.1) is 23.2 Å². The number of halogens is 2. The molecule has 0 bridgehead atoms. The molecule has 1 aliphatic rings. The lowest BCUT2D eigenvalue weighted by molar-refractivity contribution is -0.117. The summed E-state index contributed by atoms with van der Waals surface area (Å²) in [4.78, 5) is 24.6. The average Bonchev–Trinajstić information content (AvgIpc) is 3.25. The molecule has 6 heteroatoms. The van der Waals surface area contributed by atoms with Crippen molar-refractivity contribution < 1.29 is 9.59 Å². The second-order valence-corrected chi connectivity index (χ2v) is 7.59. The first-order valence-electron chi connectivity index (χ1n) is 8.07. The number of benzene rings is 2. The first-order chi connectivity index (χ1) is 12.0. The van der Waals surface area contributed by atoms with Gasteiger partial charge in [0, 0.05) is 6.54 Å². The summed E-state index contributed by atoms with van der Waals surface area (Å²) in [5, 5.41) is 5.63. The Morgan fingerprint density at radius 3 is 2.36 bits per heavy atom. The third-order valence-electron chi connectivity index (χ3n) is 4.11. The van der Waals surface area contributed by atoms with Crippen molar-refractivity contribution in [1.82, 2.24) is 5.32 Å². The zero-order valence-corrected chi connectivity index (χ0v) is 15.0. The van der Waals surface area contributed by atoms with Crippen LogP contribution >= 0.6 is 23.2 Å². The van der Waals surface area contributed by atoms with E-state index in [0.29, 0.717) is 24.2 Å². The lowest BCUT2D eigenvalue weighted by atomic mass is 10.1. The molecule has 4 nitrogen and oxygen atoms in total. The fourth-order valence-electron chi connectivity index (χ4n) is 2.57. The van der Waals surface area contributed by atoms with Crippen molar-refractivity contribution in [2.45, 2.75) is 17.2 Å². The van der Waals surface area contributed by atoms with Crippen molar-refractivity contribution in [3.63, 3.8) is 0 Å². The molecular weight excluding hydrogens is 359 g/mol. The quantitative estimate of drug-likeness (QED) is 0.753. The highest BCUT2D eigenvalue weighted by molar-refractivity contribution is 6.52. The number of carbonyl (C=O) groups is 2. The number of carbonyl (C=O) groups excluding carboxylic acids is 2. The minimum atomic E-state index is -0.989. The molecule has 1 aliphatic carbocycles. The van der Waals surface area contributed by atoms with Crippen molar-refractivity contribution >= 4 is 40.7 Å². The normalized spacial score (nSPS) is 17.6. The summed E-state index contributed by atoms with van der Waals surface area (Å²) in [5.74, 6) is -0.940. The van der Waals surface area contributed by atoms with E-state index in [2.05, 4.69) is 10.6 Å². The van der Waals surface area contributed by atoms with Crippen LogP contribution in [0.15, 0.2) is 54.6 Å². The number of nitrogens with one attached hydrogen (secondary N) is 2. The summed E-state index contributed by atoms with van der Waals surface area (Å²) in [6.45, 7) is 0.514. The van der Waals surface area contributed by atoms with E-state index in [1.54, 1.807) is 24.3 Å². The molecule has 0 heterocycles. The first kappa shape index (κ1) is 17.8. The zero-order valence-electron chi connectivity index (χ0n) is 13.5. The average molecular weight is 377 g/mol. The number of alkyl halides is 2. The molecule has 1 fully saturated rings. The van der Waals surface area contributed by atoms with E-state index in [1.165, 1.54) is 0 Å². The number of hydrogen-bond donors (Lipinski definition) is 2. The van der Waals surface area contributed by atoms with Crippen LogP contribution in [0.5, 0.6) is 0 Å². The first-order valence-corrected chi connectivity index (χ1v) is 8.83. The zero-order chi connectivity index (χ0) is 17.9. The van der Waals surface area contributed by atoms with Crippen LogP contribution in [0.3, 0.4) is 0 Å². The standard InChI is InChI=1S/C19H18Cl2N2O2/c20-19(21)12-15(19)18(25)23-16-9-5-4-8-14(16)17(24)22-11-10-13-6-2-1-3-7-13/h1-9,15H,10-12H2,(H,22,24)(H,23,25). The Morgan fingerprint density at radius 2 is 1.68 bits per heavy atom. The van der Waals surface area contributed by atoms with Gasteiger partial charge >= 0.3 is 0 Å². The predicted octanol–water partition coefficient (Wildman–Crippen LogP) is 3.79. The van der Waals surface area contributed by atoms with Gasteiger partial charge in [0.05, 0.1) is 17.2 Å². The maximum Gasteiger partial charge on any atom is 0.253 e. The predicted molar refractivity (Wildman–Crippen MR) is 100 cm³/mol. The Morgan fingerprint density at radius 1 is 1.04 bits per heavy atom. The van der Waals surface area contributed by atoms with Gasteiger partial charge in [0.15, 0.2) is 0 Å².